The first-order chi connectivity index (χ1) is 19.4. The summed E-state index contributed by atoms with van der Waals surface area (Å²) in [6.07, 6.45) is 5.72. The molecule has 214 valence electrons. The molecule has 1 heterocycles. The molecule has 2 aromatic rings. The van der Waals surface area contributed by atoms with Crippen molar-refractivity contribution in [3.8, 4) is 0 Å². The van der Waals surface area contributed by atoms with Crippen molar-refractivity contribution in [1.82, 2.24) is 10.2 Å². The monoisotopic (exact) mass is 546 g/mol. The van der Waals surface area contributed by atoms with E-state index in [1.54, 1.807) is 24.0 Å². The second kappa shape index (κ2) is 15.8. The van der Waals surface area contributed by atoms with Gasteiger partial charge in [0.05, 0.1) is 31.0 Å². The number of ether oxygens (including phenoxy) is 1. The molecule has 7 heteroatoms. The Bertz CT molecular complexity index is 1150. The smallest absolute Gasteiger partial charge is 0.309 e. The molecule has 0 unspecified atom stereocenters. The average molecular weight is 547 g/mol. The van der Waals surface area contributed by atoms with Gasteiger partial charge in [0, 0.05) is 13.0 Å². The van der Waals surface area contributed by atoms with Gasteiger partial charge in [-0.15, -0.1) is 13.2 Å². The molecule has 2 aromatic carbocycles. The van der Waals surface area contributed by atoms with Gasteiger partial charge in [-0.3, -0.25) is 14.4 Å². The lowest BCUT2D eigenvalue weighted by atomic mass is 9.92. The number of nitrogens with one attached hydrogen (secondary N) is 1. The van der Waals surface area contributed by atoms with E-state index in [1.165, 1.54) is 0 Å². The lowest BCUT2D eigenvalue weighted by Gasteiger charge is -2.36. The quantitative estimate of drug-likeness (QED) is 0.255. The Morgan fingerprint density at radius 1 is 1.05 bits per heavy atom. The van der Waals surface area contributed by atoms with Crippen LogP contribution in [0.4, 0.5) is 0 Å². The normalized spacial score (nSPS) is 16.6. The average Bonchev–Trinajstić information content (AvgIpc) is 2.97. The van der Waals surface area contributed by atoms with E-state index in [2.05, 4.69) is 18.5 Å². The van der Waals surface area contributed by atoms with Gasteiger partial charge >= 0.3 is 5.97 Å². The molecule has 0 saturated heterocycles. The van der Waals surface area contributed by atoms with Crippen LogP contribution in [0.5, 0.6) is 0 Å². The molecule has 0 aromatic heterocycles. The number of nitrogens with zero attached hydrogens (tertiary/aromatic N) is 1. The minimum Gasteiger partial charge on any atom is -0.461 e. The number of allylic oxidation sites excluding steroid dienone is 2. The number of carbonyl (C=O) groups is 3. The molecule has 7 nitrogen and oxygen atoms in total. The fraction of sp³-hybridized carbons (Fsp3) is 0.424. The van der Waals surface area contributed by atoms with E-state index in [4.69, 9.17) is 4.74 Å². The van der Waals surface area contributed by atoms with Gasteiger partial charge < -0.3 is 20.1 Å². The first-order valence-electron chi connectivity index (χ1n) is 14.1. The van der Waals surface area contributed by atoms with Gasteiger partial charge in [-0.05, 0) is 55.7 Å². The number of carbonyl (C=O) groups excluding carboxylic acids is 3. The van der Waals surface area contributed by atoms with E-state index in [1.807, 2.05) is 54.6 Å². The van der Waals surface area contributed by atoms with Crippen LogP contribution in [-0.2, 0) is 38.5 Å². The fourth-order valence-corrected chi connectivity index (χ4v) is 5.10. The van der Waals surface area contributed by atoms with Gasteiger partial charge in [-0.2, -0.15) is 0 Å². The highest BCUT2D eigenvalue weighted by Gasteiger charge is 2.32. The summed E-state index contributed by atoms with van der Waals surface area (Å²) in [5, 5.41) is 12.8. The third-order valence-corrected chi connectivity index (χ3v) is 7.39. The first-order valence-corrected chi connectivity index (χ1v) is 14.1. The number of aliphatic hydroxyl groups is 1. The van der Waals surface area contributed by atoms with Crippen LogP contribution in [0.3, 0.4) is 0 Å². The Kier molecular flexibility index (Phi) is 12.2. The largest absolute Gasteiger partial charge is 0.461 e. The molecule has 40 heavy (non-hydrogen) atoms. The van der Waals surface area contributed by atoms with Gasteiger partial charge in [0.1, 0.15) is 6.10 Å². The number of benzene rings is 2. The van der Waals surface area contributed by atoms with E-state index >= 15 is 0 Å². The van der Waals surface area contributed by atoms with Crippen LogP contribution in [-0.4, -0.2) is 53.1 Å². The summed E-state index contributed by atoms with van der Waals surface area (Å²) in [6, 6.07) is 17.4. The number of esters is 1. The standard InChI is InChI=1S/C33H42N2O5/c1-4-6-15-28(18-25-13-8-7-9-14-25)33(39)40-24(3)21-34-32(38)27(12-5-2)20-31(37)35-22-29-17-11-10-16-26(29)19-30(35)23-36/h4-5,7-11,13-14,16-17,24,27-28,30,36H,1-2,6,12,15,18-23H2,3H3,(H,34,38)/t24-,27+,28+,30-/m0/s1. The Labute approximate surface area is 237 Å². The van der Waals surface area contributed by atoms with Crippen molar-refractivity contribution in [3.05, 3.63) is 96.6 Å². The van der Waals surface area contributed by atoms with Crippen LogP contribution in [0.1, 0.15) is 49.3 Å². The minimum absolute atomic E-state index is 0.00535. The number of hydrogen-bond acceptors (Lipinski definition) is 5. The maximum Gasteiger partial charge on any atom is 0.309 e. The molecule has 2 amide bonds. The molecule has 0 bridgehead atoms. The van der Waals surface area contributed by atoms with Crippen molar-refractivity contribution in [2.24, 2.45) is 11.8 Å². The zero-order chi connectivity index (χ0) is 28.9. The maximum absolute atomic E-state index is 13.3. The Balaban J connectivity index is 1.55. The van der Waals surface area contributed by atoms with Gasteiger partial charge in [-0.25, -0.2) is 0 Å². The maximum atomic E-state index is 13.3. The summed E-state index contributed by atoms with van der Waals surface area (Å²) in [6.45, 7) is 9.67. The van der Waals surface area contributed by atoms with Crippen molar-refractivity contribution in [1.29, 1.82) is 0 Å². The lowest BCUT2D eigenvalue weighted by molar-refractivity contribution is -0.153. The molecule has 0 fully saturated rings. The molecule has 0 saturated carbocycles. The van der Waals surface area contributed by atoms with Crippen LogP contribution in [0.15, 0.2) is 79.9 Å². The highest BCUT2D eigenvalue weighted by atomic mass is 16.5. The van der Waals surface area contributed by atoms with Crippen molar-refractivity contribution >= 4 is 17.8 Å². The van der Waals surface area contributed by atoms with E-state index in [0.717, 1.165) is 16.7 Å². The number of aliphatic hydroxyl groups excluding tert-OH is 1. The highest BCUT2D eigenvalue weighted by Crippen LogP contribution is 2.25. The van der Waals surface area contributed by atoms with Crippen molar-refractivity contribution < 1.29 is 24.2 Å². The topological polar surface area (TPSA) is 95.9 Å². The van der Waals surface area contributed by atoms with Crippen LogP contribution in [0, 0.1) is 11.8 Å². The van der Waals surface area contributed by atoms with E-state index in [-0.39, 0.29) is 49.3 Å². The van der Waals surface area contributed by atoms with Crippen LogP contribution in [0.25, 0.3) is 0 Å². The molecular weight excluding hydrogens is 504 g/mol. The predicted molar refractivity (Wildman–Crippen MR) is 156 cm³/mol. The molecule has 1 aliphatic heterocycles. The van der Waals surface area contributed by atoms with Gasteiger partial charge in [0.15, 0.2) is 0 Å². The molecular formula is C33H42N2O5. The number of amides is 2. The second-order valence-corrected chi connectivity index (χ2v) is 10.5. The van der Waals surface area contributed by atoms with Crippen molar-refractivity contribution in [2.45, 2.75) is 64.1 Å². The molecule has 3 rings (SSSR count). The van der Waals surface area contributed by atoms with E-state index < -0.39 is 12.0 Å². The third-order valence-electron chi connectivity index (χ3n) is 7.39. The molecule has 0 radical (unpaired) electrons. The molecule has 4 atom stereocenters. The fourth-order valence-electron chi connectivity index (χ4n) is 5.10. The lowest BCUT2D eigenvalue weighted by Crippen LogP contribution is -2.47. The summed E-state index contributed by atoms with van der Waals surface area (Å²) in [5.41, 5.74) is 3.25. The summed E-state index contributed by atoms with van der Waals surface area (Å²) < 4.78 is 5.70. The molecule has 1 aliphatic rings. The summed E-state index contributed by atoms with van der Waals surface area (Å²) >= 11 is 0. The Morgan fingerprint density at radius 2 is 1.75 bits per heavy atom. The van der Waals surface area contributed by atoms with Crippen molar-refractivity contribution in [2.75, 3.05) is 13.2 Å². The van der Waals surface area contributed by atoms with Gasteiger partial charge in [0.2, 0.25) is 11.8 Å². The Hall–Kier alpha value is -3.71. The van der Waals surface area contributed by atoms with Crippen LogP contribution >= 0.6 is 0 Å². The number of fused-ring (bicyclic) bond motifs is 1. The van der Waals surface area contributed by atoms with E-state index in [0.29, 0.717) is 38.6 Å². The predicted octanol–water partition coefficient (Wildman–Crippen LogP) is 4.39. The SMILES string of the molecule is C=CCC[C@H](Cc1ccccc1)C(=O)O[C@@H](C)CNC(=O)[C@H](CC=C)CC(=O)N1Cc2ccccc2C[C@H]1CO. The molecule has 0 spiro atoms. The molecule has 0 aliphatic carbocycles. The number of hydrogen-bond donors (Lipinski definition) is 2. The summed E-state index contributed by atoms with van der Waals surface area (Å²) in [7, 11) is 0. The second-order valence-electron chi connectivity index (χ2n) is 10.5. The Morgan fingerprint density at radius 3 is 2.42 bits per heavy atom. The third kappa shape index (κ3) is 8.91. The summed E-state index contributed by atoms with van der Waals surface area (Å²) in [5.74, 6) is -1.69. The van der Waals surface area contributed by atoms with Crippen LogP contribution in [0.2, 0.25) is 0 Å². The molecule has 2 N–H and O–H groups in total. The highest BCUT2D eigenvalue weighted by molar-refractivity contribution is 5.86. The summed E-state index contributed by atoms with van der Waals surface area (Å²) in [4.78, 5) is 41.0. The number of rotatable bonds is 15. The van der Waals surface area contributed by atoms with Gasteiger partial charge in [0.25, 0.3) is 0 Å². The first kappa shape index (κ1) is 30.8. The van der Waals surface area contributed by atoms with Crippen molar-refractivity contribution in [3.63, 3.8) is 0 Å². The zero-order valence-corrected chi connectivity index (χ0v) is 23.5. The van der Waals surface area contributed by atoms with Crippen LogP contribution < -0.4 is 5.32 Å². The van der Waals surface area contributed by atoms with E-state index in [9.17, 15) is 19.5 Å². The zero-order valence-electron chi connectivity index (χ0n) is 23.5. The van der Waals surface area contributed by atoms with Gasteiger partial charge in [-0.1, -0.05) is 66.7 Å². The minimum atomic E-state index is -0.608.